The molecular formula is C21H27FN2O4S. The lowest BCUT2D eigenvalue weighted by atomic mass is 10.1. The van der Waals surface area contributed by atoms with E-state index in [2.05, 4.69) is 5.32 Å². The summed E-state index contributed by atoms with van der Waals surface area (Å²) < 4.78 is 44.1. The van der Waals surface area contributed by atoms with Gasteiger partial charge in [0.05, 0.1) is 19.1 Å². The van der Waals surface area contributed by atoms with Crippen LogP contribution in [-0.2, 0) is 21.2 Å². The number of sulfonamides is 1. The highest BCUT2D eigenvalue weighted by Crippen LogP contribution is 2.22. The number of anilines is 1. The highest BCUT2D eigenvalue weighted by atomic mass is 32.2. The Bertz CT molecular complexity index is 899. The normalized spacial score (nSPS) is 12.3. The highest BCUT2D eigenvalue weighted by molar-refractivity contribution is 7.92. The van der Waals surface area contributed by atoms with Gasteiger partial charge < -0.3 is 10.1 Å². The first-order chi connectivity index (χ1) is 13.8. The molecule has 29 heavy (non-hydrogen) atoms. The monoisotopic (exact) mass is 422 g/mol. The summed E-state index contributed by atoms with van der Waals surface area (Å²) in [5, 5.41) is 2.82. The molecule has 1 N–H and O–H groups in total. The first kappa shape index (κ1) is 22.7. The molecule has 0 fully saturated rings. The summed E-state index contributed by atoms with van der Waals surface area (Å²) in [5.41, 5.74) is 1.38. The van der Waals surface area contributed by atoms with Gasteiger partial charge in [0.1, 0.15) is 17.6 Å². The standard InChI is InChI=1S/C21H27FN2O4S/c1-4-20(24(29(3,26)27)18-11-9-17(22)10-12-18)21(25)23-15-5-6-16-7-13-19(28-2)14-8-16/h7-14,20H,4-6,15H2,1-3H3,(H,23,25)/t20-/m0/s1. The third-order valence-corrected chi connectivity index (χ3v) is 5.69. The van der Waals surface area contributed by atoms with Crippen LogP contribution in [-0.4, -0.2) is 40.3 Å². The molecule has 0 heterocycles. The van der Waals surface area contributed by atoms with Crippen LogP contribution in [0.25, 0.3) is 0 Å². The highest BCUT2D eigenvalue weighted by Gasteiger charge is 2.31. The van der Waals surface area contributed by atoms with Gasteiger partial charge in [0.15, 0.2) is 0 Å². The molecule has 0 radical (unpaired) electrons. The molecule has 0 aliphatic rings. The second-order valence-electron chi connectivity index (χ2n) is 6.70. The molecular weight excluding hydrogens is 395 g/mol. The van der Waals surface area contributed by atoms with Gasteiger partial charge in [0.2, 0.25) is 15.9 Å². The van der Waals surface area contributed by atoms with Crippen LogP contribution in [0.2, 0.25) is 0 Å². The first-order valence-corrected chi connectivity index (χ1v) is 11.3. The average molecular weight is 423 g/mol. The molecule has 1 atom stereocenters. The minimum atomic E-state index is -3.73. The fraction of sp³-hybridized carbons (Fsp3) is 0.381. The predicted octanol–water partition coefficient (Wildman–Crippen LogP) is 3.13. The van der Waals surface area contributed by atoms with Crippen LogP contribution in [0.15, 0.2) is 48.5 Å². The molecule has 2 rings (SSSR count). The molecule has 2 aromatic rings. The van der Waals surface area contributed by atoms with Crippen molar-refractivity contribution in [2.45, 2.75) is 32.2 Å². The molecule has 1 amide bonds. The molecule has 0 aliphatic carbocycles. The predicted molar refractivity (Wildman–Crippen MR) is 112 cm³/mol. The zero-order valence-corrected chi connectivity index (χ0v) is 17.7. The van der Waals surface area contributed by atoms with E-state index >= 15 is 0 Å². The van der Waals surface area contributed by atoms with Gasteiger partial charge in [-0.05, 0) is 61.2 Å². The van der Waals surface area contributed by atoms with Crippen LogP contribution in [0.5, 0.6) is 5.75 Å². The lowest BCUT2D eigenvalue weighted by Gasteiger charge is -2.30. The topological polar surface area (TPSA) is 75.7 Å². The Hall–Kier alpha value is -2.61. The largest absolute Gasteiger partial charge is 0.497 e. The number of carbonyl (C=O) groups is 1. The van der Waals surface area contributed by atoms with Crippen LogP contribution >= 0.6 is 0 Å². The Morgan fingerprint density at radius 3 is 2.28 bits per heavy atom. The SMILES string of the molecule is CC[C@@H](C(=O)NCCCc1ccc(OC)cc1)N(c1ccc(F)cc1)S(C)(=O)=O. The summed E-state index contributed by atoms with van der Waals surface area (Å²) in [6.07, 6.45) is 2.81. The molecule has 8 heteroatoms. The Kier molecular flexibility index (Phi) is 8.01. The first-order valence-electron chi connectivity index (χ1n) is 9.42. The van der Waals surface area contributed by atoms with Crippen LogP contribution in [0.4, 0.5) is 10.1 Å². The maximum atomic E-state index is 13.2. The molecule has 6 nitrogen and oxygen atoms in total. The number of amides is 1. The molecule has 0 spiro atoms. The molecule has 158 valence electrons. The van der Waals surface area contributed by atoms with E-state index < -0.39 is 21.9 Å². The Balaban J connectivity index is 2.00. The molecule has 0 saturated carbocycles. The van der Waals surface area contributed by atoms with Gasteiger partial charge in [-0.3, -0.25) is 9.10 Å². The van der Waals surface area contributed by atoms with Crippen molar-refractivity contribution < 1.29 is 22.3 Å². The summed E-state index contributed by atoms with van der Waals surface area (Å²) in [6.45, 7) is 2.16. The molecule has 0 aliphatic heterocycles. The van der Waals surface area contributed by atoms with Crippen molar-refractivity contribution in [3.63, 3.8) is 0 Å². The fourth-order valence-corrected chi connectivity index (χ4v) is 4.27. The van der Waals surface area contributed by atoms with E-state index in [0.717, 1.165) is 28.3 Å². The van der Waals surface area contributed by atoms with Crippen molar-refractivity contribution in [2.24, 2.45) is 0 Å². The van der Waals surface area contributed by atoms with Gasteiger partial charge >= 0.3 is 0 Å². The summed E-state index contributed by atoms with van der Waals surface area (Å²) in [5.74, 6) is -0.0651. The number of benzene rings is 2. The van der Waals surface area contributed by atoms with E-state index in [-0.39, 0.29) is 18.0 Å². The van der Waals surface area contributed by atoms with Crippen molar-refractivity contribution >= 4 is 21.6 Å². The van der Waals surface area contributed by atoms with Crippen molar-refractivity contribution in [3.05, 3.63) is 59.9 Å². The number of nitrogens with one attached hydrogen (secondary N) is 1. The van der Waals surface area contributed by atoms with E-state index in [1.165, 1.54) is 24.3 Å². The van der Waals surface area contributed by atoms with Crippen molar-refractivity contribution in [3.8, 4) is 5.75 Å². The third-order valence-electron chi connectivity index (χ3n) is 4.51. The Morgan fingerprint density at radius 1 is 1.14 bits per heavy atom. The Labute approximate surface area is 171 Å². The number of hydrogen-bond acceptors (Lipinski definition) is 4. The van der Waals surface area contributed by atoms with Crippen LogP contribution < -0.4 is 14.4 Å². The van der Waals surface area contributed by atoms with E-state index in [4.69, 9.17) is 4.74 Å². The average Bonchev–Trinajstić information content (AvgIpc) is 2.69. The van der Waals surface area contributed by atoms with Gasteiger partial charge in [-0.15, -0.1) is 0 Å². The minimum Gasteiger partial charge on any atom is -0.497 e. The molecule has 0 saturated heterocycles. The Morgan fingerprint density at radius 2 is 1.76 bits per heavy atom. The van der Waals surface area contributed by atoms with Gasteiger partial charge in [-0.25, -0.2) is 12.8 Å². The quantitative estimate of drug-likeness (QED) is 0.597. The summed E-state index contributed by atoms with van der Waals surface area (Å²) >= 11 is 0. The number of nitrogens with zero attached hydrogens (tertiary/aromatic N) is 1. The zero-order chi connectivity index (χ0) is 21.4. The molecule has 2 aromatic carbocycles. The lowest BCUT2D eigenvalue weighted by Crippen LogP contribution is -2.49. The number of methoxy groups -OCH3 is 1. The second kappa shape index (κ2) is 10.2. The summed E-state index contributed by atoms with van der Waals surface area (Å²) in [6, 6.07) is 11.9. The summed E-state index contributed by atoms with van der Waals surface area (Å²) in [7, 11) is -2.12. The van der Waals surface area contributed by atoms with E-state index in [9.17, 15) is 17.6 Å². The maximum Gasteiger partial charge on any atom is 0.243 e. The summed E-state index contributed by atoms with van der Waals surface area (Å²) in [4.78, 5) is 12.7. The van der Waals surface area contributed by atoms with Crippen LogP contribution in [0.3, 0.4) is 0 Å². The lowest BCUT2D eigenvalue weighted by molar-refractivity contribution is -0.122. The minimum absolute atomic E-state index is 0.258. The zero-order valence-electron chi connectivity index (χ0n) is 16.9. The number of ether oxygens (including phenoxy) is 1. The van der Waals surface area contributed by atoms with Crippen LogP contribution in [0, 0.1) is 5.82 Å². The van der Waals surface area contributed by atoms with Crippen molar-refractivity contribution in [2.75, 3.05) is 24.2 Å². The van der Waals surface area contributed by atoms with Gasteiger partial charge in [-0.1, -0.05) is 19.1 Å². The van der Waals surface area contributed by atoms with Gasteiger partial charge in [0.25, 0.3) is 0 Å². The molecule has 0 unspecified atom stereocenters. The van der Waals surface area contributed by atoms with Crippen LogP contribution in [0.1, 0.15) is 25.3 Å². The van der Waals surface area contributed by atoms with Gasteiger partial charge in [-0.2, -0.15) is 0 Å². The van der Waals surface area contributed by atoms with Crippen molar-refractivity contribution in [1.82, 2.24) is 5.32 Å². The fourth-order valence-electron chi connectivity index (χ4n) is 3.06. The van der Waals surface area contributed by atoms with Gasteiger partial charge in [0, 0.05) is 6.54 Å². The second-order valence-corrected chi connectivity index (χ2v) is 8.56. The number of hydrogen-bond donors (Lipinski definition) is 1. The van der Waals surface area contributed by atoms with E-state index in [1.807, 2.05) is 24.3 Å². The van der Waals surface area contributed by atoms with Crippen molar-refractivity contribution in [1.29, 1.82) is 0 Å². The third kappa shape index (κ3) is 6.45. The molecule has 0 bridgehead atoms. The number of aryl methyl sites for hydroxylation is 1. The molecule has 0 aromatic heterocycles. The van der Waals surface area contributed by atoms with E-state index in [1.54, 1.807) is 14.0 Å². The smallest absolute Gasteiger partial charge is 0.243 e. The maximum absolute atomic E-state index is 13.2. The van der Waals surface area contributed by atoms with E-state index in [0.29, 0.717) is 13.0 Å². The number of carbonyl (C=O) groups excluding carboxylic acids is 1. The number of halogens is 1. The number of rotatable bonds is 10.